The molecule has 9 nitrogen and oxygen atoms in total. The molecule has 1 atom stereocenters. The fourth-order valence-electron chi connectivity index (χ4n) is 5.33. The van der Waals surface area contributed by atoms with Crippen LogP contribution in [0.5, 0.6) is 11.5 Å². The molecule has 0 N–H and O–H groups in total. The second-order valence-corrected chi connectivity index (χ2v) is 11.7. The summed E-state index contributed by atoms with van der Waals surface area (Å²) < 4.78 is 19.0. The van der Waals surface area contributed by atoms with E-state index in [0.717, 1.165) is 49.9 Å². The Morgan fingerprint density at radius 2 is 1.66 bits per heavy atom. The number of nitrogens with zero attached hydrogens (tertiary/aromatic N) is 5. The molecule has 0 amide bonds. The molecule has 10 heteroatoms. The van der Waals surface area contributed by atoms with E-state index in [1.807, 2.05) is 41.8 Å². The van der Waals surface area contributed by atoms with Crippen molar-refractivity contribution in [1.82, 2.24) is 19.7 Å². The van der Waals surface area contributed by atoms with Crippen LogP contribution in [-0.4, -0.2) is 45.1 Å². The lowest BCUT2D eigenvalue weighted by molar-refractivity contribution is -0.143. The van der Waals surface area contributed by atoms with Gasteiger partial charge in [-0.3, -0.25) is 19.3 Å². The Bertz CT molecular complexity index is 1840. The third kappa shape index (κ3) is 5.60. The Hall–Kier alpha value is -4.83. The number of aryl methyl sites for hydroxylation is 2. The Morgan fingerprint density at radius 1 is 0.932 bits per heavy atom. The van der Waals surface area contributed by atoms with Crippen LogP contribution in [0.15, 0.2) is 72.0 Å². The first-order valence-corrected chi connectivity index (χ1v) is 15.3. The summed E-state index contributed by atoms with van der Waals surface area (Å²) in [6, 6.07) is 17.6. The van der Waals surface area contributed by atoms with Crippen molar-refractivity contribution in [3.05, 3.63) is 106 Å². The first kappa shape index (κ1) is 29.3. The molecule has 3 aromatic heterocycles. The van der Waals surface area contributed by atoms with Crippen LogP contribution in [0, 0.1) is 20.8 Å². The smallest absolute Gasteiger partial charge is 0.308 e. The van der Waals surface area contributed by atoms with Crippen molar-refractivity contribution in [3.63, 3.8) is 0 Å². The van der Waals surface area contributed by atoms with Gasteiger partial charge in [0.25, 0.3) is 0 Å². The van der Waals surface area contributed by atoms with Gasteiger partial charge in [0.15, 0.2) is 17.3 Å². The van der Waals surface area contributed by atoms with Gasteiger partial charge in [0.05, 0.1) is 25.8 Å². The molecule has 0 aliphatic carbocycles. The number of benzene rings is 2. The van der Waals surface area contributed by atoms with Gasteiger partial charge in [0.2, 0.25) is 0 Å². The Balaban J connectivity index is 1.35. The predicted octanol–water partition coefficient (Wildman–Crippen LogP) is 6.75. The number of esters is 1. The number of hydrogen-bond donors (Lipinski definition) is 0. The molecule has 0 saturated heterocycles. The number of carbonyl (C=O) groups is 1. The number of hydrogen-bond acceptors (Lipinski definition) is 9. The SMILES string of the molecule is CCOC(=O)C[C@@H]1N=C(c2ccc(-c3ccc(OCc4ccncc4)c(OC)c3)cc2)c2c(sc(C)c2C)-n2c(C)nnc21. The molecule has 0 radical (unpaired) electrons. The molecular weight excluding hydrogens is 574 g/mol. The highest BCUT2D eigenvalue weighted by molar-refractivity contribution is 7.15. The van der Waals surface area contributed by atoms with Gasteiger partial charge in [-0.1, -0.05) is 30.3 Å². The number of carbonyl (C=O) groups excluding carboxylic acids is 1. The van der Waals surface area contributed by atoms with Crippen molar-refractivity contribution in [2.75, 3.05) is 13.7 Å². The second-order valence-electron chi connectivity index (χ2n) is 10.5. The topological polar surface area (TPSA) is 101 Å². The molecule has 224 valence electrons. The monoisotopic (exact) mass is 607 g/mol. The van der Waals surface area contributed by atoms with E-state index in [1.165, 1.54) is 4.88 Å². The summed E-state index contributed by atoms with van der Waals surface area (Å²) in [5, 5.41) is 9.82. The minimum absolute atomic E-state index is 0.0793. The van der Waals surface area contributed by atoms with Crippen LogP contribution in [0.2, 0.25) is 0 Å². The van der Waals surface area contributed by atoms with E-state index >= 15 is 0 Å². The zero-order valence-corrected chi connectivity index (χ0v) is 26.1. The highest BCUT2D eigenvalue weighted by Gasteiger charge is 2.32. The quantitative estimate of drug-likeness (QED) is 0.171. The molecule has 1 aliphatic rings. The average Bonchev–Trinajstić information content (AvgIpc) is 3.52. The maximum Gasteiger partial charge on any atom is 0.308 e. The van der Waals surface area contributed by atoms with E-state index in [1.54, 1.807) is 37.8 Å². The van der Waals surface area contributed by atoms with Crippen LogP contribution in [0.4, 0.5) is 0 Å². The van der Waals surface area contributed by atoms with Crippen molar-refractivity contribution in [2.24, 2.45) is 4.99 Å². The van der Waals surface area contributed by atoms with Crippen molar-refractivity contribution in [3.8, 4) is 27.6 Å². The largest absolute Gasteiger partial charge is 0.493 e. The summed E-state index contributed by atoms with van der Waals surface area (Å²) in [5.74, 6) is 2.41. The Kier molecular flexibility index (Phi) is 8.25. The number of fused-ring (bicyclic) bond motifs is 3. The predicted molar refractivity (Wildman–Crippen MR) is 170 cm³/mol. The lowest BCUT2D eigenvalue weighted by Crippen LogP contribution is -2.13. The van der Waals surface area contributed by atoms with Crippen LogP contribution in [0.25, 0.3) is 16.1 Å². The minimum atomic E-state index is -0.534. The van der Waals surface area contributed by atoms with Crippen LogP contribution in [0.1, 0.15) is 58.2 Å². The molecule has 0 unspecified atom stereocenters. The number of methoxy groups -OCH3 is 1. The maximum absolute atomic E-state index is 12.6. The third-order valence-electron chi connectivity index (χ3n) is 7.70. The van der Waals surface area contributed by atoms with Crippen LogP contribution in [0.3, 0.4) is 0 Å². The number of rotatable bonds is 9. The normalized spacial score (nSPS) is 13.8. The lowest BCUT2D eigenvalue weighted by atomic mass is 9.97. The zero-order chi connectivity index (χ0) is 30.8. The van der Waals surface area contributed by atoms with E-state index in [-0.39, 0.29) is 12.4 Å². The number of thiophene rings is 1. The van der Waals surface area contributed by atoms with E-state index < -0.39 is 6.04 Å². The number of aliphatic imine (C=N–C) groups is 1. The van der Waals surface area contributed by atoms with Crippen molar-refractivity contribution >= 4 is 23.0 Å². The molecule has 6 rings (SSSR count). The first-order valence-electron chi connectivity index (χ1n) is 14.4. The maximum atomic E-state index is 12.6. The van der Waals surface area contributed by atoms with Crippen molar-refractivity contribution in [2.45, 2.75) is 46.8 Å². The first-order chi connectivity index (χ1) is 21.4. The highest BCUT2D eigenvalue weighted by atomic mass is 32.1. The van der Waals surface area contributed by atoms with E-state index in [4.69, 9.17) is 19.2 Å². The van der Waals surface area contributed by atoms with Crippen LogP contribution >= 0.6 is 11.3 Å². The van der Waals surface area contributed by atoms with E-state index in [9.17, 15) is 4.79 Å². The molecule has 2 aromatic carbocycles. The molecular formula is C34H33N5O4S. The van der Waals surface area contributed by atoms with Gasteiger partial charge in [-0.05, 0) is 74.2 Å². The van der Waals surface area contributed by atoms with E-state index in [0.29, 0.717) is 30.5 Å². The van der Waals surface area contributed by atoms with Gasteiger partial charge in [0, 0.05) is 28.4 Å². The van der Waals surface area contributed by atoms with Gasteiger partial charge >= 0.3 is 5.97 Å². The molecule has 5 aromatic rings. The average molecular weight is 608 g/mol. The fourth-order valence-corrected chi connectivity index (χ4v) is 6.54. The lowest BCUT2D eigenvalue weighted by Gasteiger charge is -2.14. The summed E-state index contributed by atoms with van der Waals surface area (Å²) in [4.78, 5) is 23.1. The van der Waals surface area contributed by atoms with Crippen molar-refractivity contribution < 1.29 is 19.0 Å². The summed E-state index contributed by atoms with van der Waals surface area (Å²) >= 11 is 1.69. The van der Waals surface area contributed by atoms with Gasteiger partial charge < -0.3 is 14.2 Å². The number of aromatic nitrogens is 4. The summed E-state index contributed by atoms with van der Waals surface area (Å²) in [6.45, 7) is 8.69. The Labute approximate surface area is 260 Å². The Morgan fingerprint density at radius 3 is 2.39 bits per heavy atom. The number of ether oxygens (including phenoxy) is 3. The van der Waals surface area contributed by atoms with Crippen LogP contribution < -0.4 is 9.47 Å². The third-order valence-corrected chi connectivity index (χ3v) is 8.90. The van der Waals surface area contributed by atoms with E-state index in [2.05, 4.69) is 53.3 Å². The summed E-state index contributed by atoms with van der Waals surface area (Å²) in [5.41, 5.74) is 7.01. The minimum Gasteiger partial charge on any atom is -0.493 e. The molecule has 4 heterocycles. The summed E-state index contributed by atoms with van der Waals surface area (Å²) in [6.07, 6.45) is 3.58. The molecule has 0 bridgehead atoms. The van der Waals surface area contributed by atoms with Crippen molar-refractivity contribution in [1.29, 1.82) is 0 Å². The fraction of sp³-hybridized carbons (Fsp3) is 0.265. The molecule has 0 spiro atoms. The second kappa shape index (κ2) is 12.4. The standard InChI is InChI=1S/C34H33N5O4S/c1-6-42-30(40)18-27-33-38-37-22(4)39(33)34-31(20(2)21(3)44-34)32(36-27)25-9-7-24(8-10-25)26-11-12-28(29(17-26)41-5)43-19-23-13-15-35-16-14-23/h7-17,27H,6,18-19H2,1-5H3/t27-/m0/s1. The van der Waals surface area contributed by atoms with Gasteiger partial charge in [-0.15, -0.1) is 21.5 Å². The molecule has 44 heavy (non-hydrogen) atoms. The van der Waals surface area contributed by atoms with Gasteiger partial charge in [0.1, 0.15) is 23.5 Å². The van der Waals surface area contributed by atoms with Gasteiger partial charge in [-0.2, -0.15) is 0 Å². The van der Waals surface area contributed by atoms with Gasteiger partial charge in [-0.25, -0.2) is 0 Å². The molecule has 0 saturated carbocycles. The zero-order valence-electron chi connectivity index (χ0n) is 25.3. The van der Waals surface area contributed by atoms with Crippen LogP contribution in [-0.2, 0) is 16.1 Å². The molecule has 1 aliphatic heterocycles. The number of pyridine rings is 1. The summed E-state index contributed by atoms with van der Waals surface area (Å²) in [7, 11) is 1.64. The highest BCUT2D eigenvalue weighted by Crippen LogP contribution is 2.40. The molecule has 0 fully saturated rings.